The standard InChI is InChI=1S/C18H23N3O3S/c1-12-8-21(9-13(2)24-12)10-15-11-25-18(19-15)20-17(22)14-5-4-6-16(7-14)23-3/h4-7,11-13H,8-10H2,1-3H3,(H,19,20,22)/t12-,13+. The van der Waals surface area contributed by atoms with Gasteiger partial charge in [-0.05, 0) is 32.0 Å². The monoisotopic (exact) mass is 361 g/mol. The van der Waals surface area contributed by atoms with Gasteiger partial charge in [0.15, 0.2) is 5.13 Å². The number of anilines is 1. The van der Waals surface area contributed by atoms with Crippen LogP contribution in [-0.2, 0) is 11.3 Å². The van der Waals surface area contributed by atoms with Crippen molar-refractivity contribution in [2.24, 2.45) is 0 Å². The van der Waals surface area contributed by atoms with Crippen LogP contribution >= 0.6 is 11.3 Å². The minimum absolute atomic E-state index is 0.187. The van der Waals surface area contributed by atoms with Crippen LogP contribution in [0.15, 0.2) is 29.6 Å². The van der Waals surface area contributed by atoms with Gasteiger partial charge in [0.1, 0.15) is 5.75 Å². The molecule has 1 aromatic heterocycles. The van der Waals surface area contributed by atoms with Crippen molar-refractivity contribution in [2.45, 2.75) is 32.6 Å². The van der Waals surface area contributed by atoms with E-state index in [0.29, 0.717) is 16.4 Å². The number of hydrogen-bond donors (Lipinski definition) is 1. The van der Waals surface area contributed by atoms with Gasteiger partial charge in [-0.25, -0.2) is 4.98 Å². The van der Waals surface area contributed by atoms with Crippen LogP contribution in [0.1, 0.15) is 29.9 Å². The molecule has 1 N–H and O–H groups in total. The third-order valence-corrected chi connectivity index (χ3v) is 4.79. The fourth-order valence-electron chi connectivity index (χ4n) is 3.01. The molecule has 0 bridgehead atoms. The second-order valence-electron chi connectivity index (χ2n) is 6.28. The third kappa shape index (κ3) is 4.78. The van der Waals surface area contributed by atoms with E-state index in [1.54, 1.807) is 25.3 Å². The molecule has 2 aromatic rings. The number of morpholine rings is 1. The molecule has 1 aliphatic rings. The Bertz CT molecular complexity index is 724. The molecule has 7 heteroatoms. The zero-order valence-electron chi connectivity index (χ0n) is 14.7. The average molecular weight is 361 g/mol. The number of nitrogens with one attached hydrogen (secondary N) is 1. The number of rotatable bonds is 5. The van der Waals surface area contributed by atoms with E-state index in [1.165, 1.54) is 11.3 Å². The maximum Gasteiger partial charge on any atom is 0.257 e. The highest BCUT2D eigenvalue weighted by Gasteiger charge is 2.22. The lowest BCUT2D eigenvalue weighted by Gasteiger charge is -2.34. The summed E-state index contributed by atoms with van der Waals surface area (Å²) in [5.41, 5.74) is 1.51. The third-order valence-electron chi connectivity index (χ3n) is 3.98. The number of thiazole rings is 1. The number of aromatic nitrogens is 1. The second-order valence-corrected chi connectivity index (χ2v) is 7.14. The lowest BCUT2D eigenvalue weighted by atomic mass is 10.2. The molecule has 2 atom stereocenters. The van der Waals surface area contributed by atoms with E-state index < -0.39 is 0 Å². The quantitative estimate of drug-likeness (QED) is 0.887. The number of nitrogens with zero attached hydrogens (tertiary/aromatic N) is 2. The summed E-state index contributed by atoms with van der Waals surface area (Å²) in [6.07, 6.45) is 0.462. The van der Waals surface area contributed by atoms with Crippen LogP contribution < -0.4 is 10.1 Å². The zero-order valence-corrected chi connectivity index (χ0v) is 15.5. The molecular formula is C18H23N3O3S. The van der Waals surface area contributed by atoms with E-state index in [9.17, 15) is 4.79 Å². The van der Waals surface area contributed by atoms with Crippen LogP contribution in [0, 0.1) is 0 Å². The van der Waals surface area contributed by atoms with E-state index in [1.807, 2.05) is 11.4 Å². The molecule has 1 fully saturated rings. The van der Waals surface area contributed by atoms with Gasteiger partial charge in [0.2, 0.25) is 0 Å². The number of hydrogen-bond acceptors (Lipinski definition) is 6. The summed E-state index contributed by atoms with van der Waals surface area (Å²) < 4.78 is 10.9. The summed E-state index contributed by atoms with van der Waals surface area (Å²) >= 11 is 1.44. The Morgan fingerprint density at radius 1 is 1.40 bits per heavy atom. The first-order valence-corrected chi connectivity index (χ1v) is 9.19. The molecule has 0 radical (unpaired) electrons. The largest absolute Gasteiger partial charge is 0.497 e. The van der Waals surface area contributed by atoms with Crippen LogP contribution in [-0.4, -0.2) is 48.2 Å². The Hall–Kier alpha value is -1.96. The predicted molar refractivity (Wildman–Crippen MR) is 98.3 cm³/mol. The maximum absolute atomic E-state index is 12.3. The minimum Gasteiger partial charge on any atom is -0.497 e. The second kappa shape index (κ2) is 7.95. The Labute approximate surface area is 151 Å². The fourth-order valence-corrected chi connectivity index (χ4v) is 3.71. The Kier molecular flexibility index (Phi) is 5.67. The van der Waals surface area contributed by atoms with Crippen LogP contribution in [0.5, 0.6) is 5.75 Å². The van der Waals surface area contributed by atoms with Gasteiger partial charge < -0.3 is 9.47 Å². The molecule has 2 heterocycles. The number of carbonyl (C=O) groups is 1. The molecule has 1 amide bonds. The number of carbonyl (C=O) groups excluding carboxylic acids is 1. The zero-order chi connectivity index (χ0) is 17.8. The first-order valence-electron chi connectivity index (χ1n) is 8.31. The molecule has 6 nitrogen and oxygen atoms in total. The van der Waals surface area contributed by atoms with E-state index in [2.05, 4.69) is 29.0 Å². The predicted octanol–water partition coefficient (Wildman–Crippen LogP) is 3.01. The number of amides is 1. The van der Waals surface area contributed by atoms with Gasteiger partial charge in [0, 0.05) is 30.6 Å². The van der Waals surface area contributed by atoms with Gasteiger partial charge in [0.05, 0.1) is 25.0 Å². The summed E-state index contributed by atoms with van der Waals surface area (Å²) in [6, 6.07) is 7.06. The van der Waals surface area contributed by atoms with Gasteiger partial charge in [-0.2, -0.15) is 0 Å². The number of ether oxygens (including phenoxy) is 2. The lowest BCUT2D eigenvalue weighted by molar-refractivity contribution is -0.0707. The van der Waals surface area contributed by atoms with Gasteiger partial charge in [-0.3, -0.25) is 15.0 Å². The molecule has 25 heavy (non-hydrogen) atoms. The number of methoxy groups -OCH3 is 1. The molecule has 0 saturated carbocycles. The van der Waals surface area contributed by atoms with Crippen molar-refractivity contribution in [1.29, 1.82) is 0 Å². The molecule has 0 spiro atoms. The Morgan fingerprint density at radius 2 is 2.16 bits per heavy atom. The molecule has 134 valence electrons. The molecule has 3 rings (SSSR count). The van der Waals surface area contributed by atoms with Crippen molar-refractivity contribution in [2.75, 3.05) is 25.5 Å². The van der Waals surface area contributed by atoms with Crippen LogP contribution in [0.4, 0.5) is 5.13 Å². The topological polar surface area (TPSA) is 63.7 Å². The summed E-state index contributed by atoms with van der Waals surface area (Å²) in [7, 11) is 1.58. The van der Waals surface area contributed by atoms with E-state index >= 15 is 0 Å². The van der Waals surface area contributed by atoms with Gasteiger partial charge in [0.25, 0.3) is 5.91 Å². The van der Waals surface area contributed by atoms with Crippen molar-refractivity contribution in [3.8, 4) is 5.75 Å². The van der Waals surface area contributed by atoms with Gasteiger partial charge in [-0.1, -0.05) is 6.07 Å². The first kappa shape index (κ1) is 17.8. The van der Waals surface area contributed by atoms with Crippen LogP contribution in [0.2, 0.25) is 0 Å². The van der Waals surface area contributed by atoms with E-state index in [4.69, 9.17) is 9.47 Å². The van der Waals surface area contributed by atoms with E-state index in [0.717, 1.165) is 25.3 Å². The summed E-state index contributed by atoms with van der Waals surface area (Å²) in [4.78, 5) is 19.2. The summed E-state index contributed by atoms with van der Waals surface area (Å²) in [6.45, 7) is 6.73. The molecule has 1 aromatic carbocycles. The van der Waals surface area contributed by atoms with Crippen LogP contribution in [0.25, 0.3) is 0 Å². The van der Waals surface area contributed by atoms with Gasteiger partial charge in [-0.15, -0.1) is 11.3 Å². The van der Waals surface area contributed by atoms with Crippen molar-refractivity contribution in [3.63, 3.8) is 0 Å². The van der Waals surface area contributed by atoms with Crippen molar-refractivity contribution >= 4 is 22.4 Å². The minimum atomic E-state index is -0.187. The number of benzene rings is 1. The van der Waals surface area contributed by atoms with E-state index in [-0.39, 0.29) is 18.1 Å². The lowest BCUT2D eigenvalue weighted by Crippen LogP contribution is -2.44. The maximum atomic E-state index is 12.3. The molecule has 0 unspecified atom stereocenters. The normalized spacial score (nSPS) is 21.1. The van der Waals surface area contributed by atoms with Crippen molar-refractivity contribution in [3.05, 3.63) is 40.9 Å². The summed E-state index contributed by atoms with van der Waals surface area (Å²) in [5.74, 6) is 0.469. The molecule has 1 saturated heterocycles. The van der Waals surface area contributed by atoms with Gasteiger partial charge >= 0.3 is 0 Å². The fraction of sp³-hybridized carbons (Fsp3) is 0.444. The average Bonchev–Trinajstić information content (AvgIpc) is 3.00. The molecule has 0 aliphatic carbocycles. The van der Waals surface area contributed by atoms with Crippen molar-refractivity contribution in [1.82, 2.24) is 9.88 Å². The highest BCUT2D eigenvalue weighted by atomic mass is 32.1. The highest BCUT2D eigenvalue weighted by Crippen LogP contribution is 2.20. The smallest absolute Gasteiger partial charge is 0.257 e. The van der Waals surface area contributed by atoms with Crippen molar-refractivity contribution < 1.29 is 14.3 Å². The Morgan fingerprint density at radius 3 is 2.88 bits per heavy atom. The first-order chi connectivity index (χ1) is 12.0. The molecular weight excluding hydrogens is 338 g/mol. The molecule has 1 aliphatic heterocycles. The summed E-state index contributed by atoms with van der Waals surface area (Å²) in [5, 5.41) is 5.45. The Balaban J connectivity index is 1.60. The van der Waals surface area contributed by atoms with Crippen LogP contribution in [0.3, 0.4) is 0 Å². The highest BCUT2D eigenvalue weighted by molar-refractivity contribution is 7.13. The SMILES string of the molecule is COc1cccc(C(=O)Nc2nc(CN3C[C@@H](C)O[C@@H](C)C3)cs2)c1.